The van der Waals surface area contributed by atoms with Crippen molar-refractivity contribution in [3.05, 3.63) is 59.2 Å². The van der Waals surface area contributed by atoms with E-state index in [1.807, 2.05) is 23.5 Å². The summed E-state index contributed by atoms with van der Waals surface area (Å²) < 4.78 is 11.6. The Morgan fingerprint density at radius 3 is 1.70 bits per heavy atom. The first-order valence-electron chi connectivity index (χ1n) is 15.7. The third-order valence-electron chi connectivity index (χ3n) is 7.29. The average molecular weight is 643 g/mol. The lowest BCUT2D eigenvalue weighted by Crippen LogP contribution is -2.22. The first-order valence-corrected chi connectivity index (χ1v) is 17.4. The van der Waals surface area contributed by atoms with E-state index in [0.29, 0.717) is 19.0 Å². The minimum atomic E-state index is -0.391. The Morgan fingerprint density at radius 1 is 0.750 bits per heavy atom. The maximum absolute atomic E-state index is 11.4. The number of rotatable bonds is 11. The highest BCUT2D eigenvalue weighted by molar-refractivity contribution is 8.18. The number of carbonyl (C=O) groups is 1. The molecule has 0 amide bonds. The Labute approximate surface area is 277 Å². The molecule has 0 saturated heterocycles. The van der Waals surface area contributed by atoms with Crippen molar-refractivity contribution in [2.75, 3.05) is 13.2 Å². The smallest absolute Gasteiger partial charge is 0.330 e. The zero-order chi connectivity index (χ0) is 33.9. The molecule has 0 spiro atoms. The second-order valence-electron chi connectivity index (χ2n) is 16.2. The van der Waals surface area contributed by atoms with Gasteiger partial charge < -0.3 is 14.6 Å². The summed E-state index contributed by atoms with van der Waals surface area (Å²) in [5, 5.41) is 11.3. The lowest BCUT2D eigenvalue weighted by Gasteiger charge is -2.34. The van der Waals surface area contributed by atoms with Gasteiger partial charge in [0.05, 0.1) is 17.3 Å². The highest BCUT2D eigenvalue weighted by Crippen LogP contribution is 2.52. The number of hydrogen-bond acceptors (Lipinski definition) is 6. The maximum Gasteiger partial charge on any atom is 0.330 e. The van der Waals surface area contributed by atoms with Gasteiger partial charge in [-0.15, -0.1) is 23.5 Å². The molecule has 2 rings (SSSR count). The number of benzene rings is 2. The molecule has 1 N–H and O–H groups in total. The van der Waals surface area contributed by atoms with Crippen LogP contribution in [0, 0.1) is 0 Å². The Hall–Kier alpha value is -2.05. The minimum absolute atomic E-state index is 0.0962. The van der Waals surface area contributed by atoms with Crippen molar-refractivity contribution in [2.24, 2.45) is 0 Å². The van der Waals surface area contributed by atoms with Gasteiger partial charge in [-0.25, -0.2) is 4.79 Å². The van der Waals surface area contributed by atoms with Crippen LogP contribution in [0.4, 0.5) is 0 Å². The maximum atomic E-state index is 11.4. The number of aromatic hydroxyl groups is 1. The molecule has 0 aliphatic heterocycles. The molecule has 0 radical (unpaired) electrons. The second-order valence-corrected chi connectivity index (χ2v) is 19.8. The van der Waals surface area contributed by atoms with Crippen LogP contribution in [0.25, 0.3) is 0 Å². The quantitative estimate of drug-likeness (QED) is 0.0865. The molecule has 44 heavy (non-hydrogen) atoms. The Morgan fingerprint density at radius 2 is 1.25 bits per heavy atom. The molecule has 2 aromatic carbocycles. The molecule has 0 atom stereocenters. The molecule has 0 aliphatic rings. The van der Waals surface area contributed by atoms with Crippen molar-refractivity contribution in [3.63, 3.8) is 0 Å². The third kappa shape index (κ3) is 10.5. The van der Waals surface area contributed by atoms with Gasteiger partial charge in [-0.1, -0.05) is 95.7 Å². The summed E-state index contributed by atoms with van der Waals surface area (Å²) in [7, 11) is 0. The standard InChI is InChI=1S/C38H58O4S2/c1-16-30(39)41-21-17-18-22-42-33-26(34(2,3)4)19-20-29(31(33)37(11,12)13)44-38(14,15)43-25-23-27(35(5,6)7)32(40)28(24-25)36(8,9)10/h16,19-20,23-24,40H,1,17-18,21-22H2,2-15H3. The van der Waals surface area contributed by atoms with E-state index in [2.05, 4.69) is 128 Å². The molecule has 4 nitrogen and oxygen atoms in total. The van der Waals surface area contributed by atoms with E-state index in [0.717, 1.165) is 34.6 Å². The van der Waals surface area contributed by atoms with Crippen molar-refractivity contribution in [2.45, 2.75) is 145 Å². The van der Waals surface area contributed by atoms with Gasteiger partial charge in [-0.2, -0.15) is 0 Å². The number of ether oxygens (including phenoxy) is 2. The van der Waals surface area contributed by atoms with Gasteiger partial charge in [0.15, 0.2) is 0 Å². The van der Waals surface area contributed by atoms with Crippen LogP contribution in [0.1, 0.15) is 132 Å². The molecule has 0 aliphatic carbocycles. The Kier molecular flexibility index (Phi) is 12.3. The molecule has 246 valence electrons. The Balaban J connectivity index is 2.52. The SMILES string of the molecule is C=CC(=O)OCCCCOc1c(C(C)(C)C)ccc(SC(C)(C)Sc2cc(C(C)(C)C)c(O)c(C(C)(C)C)c2)c1C(C)(C)C. The summed E-state index contributed by atoms with van der Waals surface area (Å²) >= 11 is 3.70. The number of phenols is 1. The van der Waals surface area contributed by atoms with Crippen LogP contribution in [-0.2, 0) is 31.2 Å². The first kappa shape index (κ1) is 38.1. The number of hydrogen-bond donors (Lipinski definition) is 1. The fourth-order valence-electron chi connectivity index (χ4n) is 5.09. The summed E-state index contributed by atoms with van der Waals surface area (Å²) in [6, 6.07) is 8.85. The van der Waals surface area contributed by atoms with Crippen molar-refractivity contribution >= 4 is 29.5 Å². The fourth-order valence-corrected chi connectivity index (χ4v) is 7.90. The molecule has 0 saturated carbocycles. The lowest BCUT2D eigenvalue weighted by atomic mass is 9.79. The van der Waals surface area contributed by atoms with E-state index in [4.69, 9.17) is 9.47 Å². The van der Waals surface area contributed by atoms with E-state index in [1.54, 1.807) is 0 Å². The van der Waals surface area contributed by atoms with Crippen LogP contribution in [0.2, 0.25) is 0 Å². The molecule has 2 aromatic rings. The molecule has 6 heteroatoms. The molecule has 0 aromatic heterocycles. The van der Waals surface area contributed by atoms with Crippen LogP contribution in [0.15, 0.2) is 46.7 Å². The van der Waals surface area contributed by atoms with Crippen molar-refractivity contribution in [1.82, 2.24) is 0 Å². The summed E-state index contributed by atoms with van der Waals surface area (Å²) in [5.74, 6) is 0.986. The second kappa shape index (κ2) is 14.2. The van der Waals surface area contributed by atoms with E-state index in [-0.39, 0.29) is 25.7 Å². The van der Waals surface area contributed by atoms with Gasteiger partial charge in [-0.3, -0.25) is 0 Å². The zero-order valence-electron chi connectivity index (χ0n) is 29.9. The molecule has 0 bridgehead atoms. The predicted molar refractivity (Wildman–Crippen MR) is 191 cm³/mol. The summed E-state index contributed by atoms with van der Waals surface area (Å²) in [6.45, 7) is 35.3. The number of thioether (sulfide) groups is 2. The van der Waals surface area contributed by atoms with E-state index < -0.39 is 5.97 Å². The monoisotopic (exact) mass is 642 g/mol. The Bertz CT molecular complexity index is 1280. The van der Waals surface area contributed by atoms with Gasteiger partial charge in [0.1, 0.15) is 11.5 Å². The molecule has 0 heterocycles. The van der Waals surface area contributed by atoms with E-state index in [9.17, 15) is 9.90 Å². The van der Waals surface area contributed by atoms with E-state index >= 15 is 0 Å². The summed E-state index contributed by atoms with van der Waals surface area (Å²) in [6.07, 6.45) is 2.70. The highest BCUT2D eigenvalue weighted by atomic mass is 32.2. The normalized spacial score (nSPS) is 13.1. The van der Waals surface area contributed by atoms with Gasteiger partial charge in [0.2, 0.25) is 0 Å². The van der Waals surface area contributed by atoms with Crippen LogP contribution in [0.3, 0.4) is 0 Å². The van der Waals surface area contributed by atoms with Crippen LogP contribution in [-0.4, -0.2) is 28.4 Å². The van der Waals surface area contributed by atoms with Crippen molar-refractivity contribution in [1.29, 1.82) is 0 Å². The number of esters is 1. The van der Waals surface area contributed by atoms with Gasteiger partial charge >= 0.3 is 5.97 Å². The predicted octanol–water partition coefficient (Wildman–Crippen LogP) is 11.1. The largest absolute Gasteiger partial charge is 0.507 e. The molecule has 0 unspecified atom stereocenters. The number of carbonyl (C=O) groups excluding carboxylic acids is 1. The van der Waals surface area contributed by atoms with Crippen molar-refractivity contribution in [3.8, 4) is 11.5 Å². The number of phenolic OH excluding ortho intramolecular Hbond substituents is 1. The minimum Gasteiger partial charge on any atom is -0.507 e. The van der Waals surface area contributed by atoms with Gasteiger partial charge in [0.25, 0.3) is 0 Å². The van der Waals surface area contributed by atoms with Crippen LogP contribution >= 0.6 is 23.5 Å². The number of unbranched alkanes of at least 4 members (excludes halogenated alkanes) is 1. The van der Waals surface area contributed by atoms with Gasteiger partial charge in [0, 0.05) is 32.6 Å². The molecular formula is C38H58O4S2. The lowest BCUT2D eigenvalue weighted by molar-refractivity contribution is -0.137. The van der Waals surface area contributed by atoms with Gasteiger partial charge in [-0.05, 0) is 72.1 Å². The average Bonchev–Trinajstić information content (AvgIpc) is 2.83. The highest BCUT2D eigenvalue weighted by Gasteiger charge is 2.34. The molecule has 0 fully saturated rings. The zero-order valence-corrected chi connectivity index (χ0v) is 31.5. The van der Waals surface area contributed by atoms with Crippen molar-refractivity contribution < 1.29 is 19.4 Å². The van der Waals surface area contributed by atoms with Crippen LogP contribution in [0.5, 0.6) is 11.5 Å². The summed E-state index contributed by atoms with van der Waals surface area (Å²) in [4.78, 5) is 13.8. The topological polar surface area (TPSA) is 55.8 Å². The first-order chi connectivity index (χ1) is 19.9. The van der Waals surface area contributed by atoms with Crippen LogP contribution < -0.4 is 4.74 Å². The molecular weight excluding hydrogens is 585 g/mol. The summed E-state index contributed by atoms with van der Waals surface area (Å²) in [5.41, 5.74) is 3.76. The fraction of sp³-hybridized carbons (Fsp3) is 0.605. The third-order valence-corrected chi connectivity index (χ3v) is 9.81. The van der Waals surface area contributed by atoms with E-state index in [1.165, 1.54) is 22.1 Å².